The van der Waals surface area contributed by atoms with Gasteiger partial charge in [0.2, 0.25) is 0 Å². The lowest BCUT2D eigenvalue weighted by Crippen LogP contribution is -2.23. The first-order valence-electron chi connectivity index (χ1n) is 20.1. The molecule has 0 amide bonds. The highest BCUT2D eigenvalue weighted by molar-refractivity contribution is 7.99. The van der Waals surface area contributed by atoms with Gasteiger partial charge in [-0.3, -0.25) is 9.59 Å². The first-order valence-corrected chi connectivity index (χ1v) is 20.9. The van der Waals surface area contributed by atoms with E-state index in [0.717, 1.165) is 51.1 Å². The van der Waals surface area contributed by atoms with Gasteiger partial charge in [0, 0.05) is 32.2 Å². The number of anilines is 2. The van der Waals surface area contributed by atoms with Crippen LogP contribution in [-0.4, -0.2) is 18.2 Å². The van der Waals surface area contributed by atoms with E-state index in [1.54, 1.807) is 12.1 Å². The molecule has 0 radical (unpaired) electrons. The Kier molecular flexibility index (Phi) is 12.0. The zero-order valence-electron chi connectivity index (χ0n) is 32.3. The van der Waals surface area contributed by atoms with E-state index < -0.39 is 0 Å². The Morgan fingerprint density at radius 2 is 1.30 bits per heavy atom. The molecule has 0 aromatic heterocycles. The Hall–Kier alpha value is -4.61. The third kappa shape index (κ3) is 8.22. The fourth-order valence-corrected chi connectivity index (χ4v) is 9.36. The maximum Gasteiger partial charge on any atom is 0.196 e. The van der Waals surface area contributed by atoms with Crippen molar-refractivity contribution < 1.29 is 14.3 Å². The molecule has 1 saturated carbocycles. The van der Waals surface area contributed by atoms with E-state index >= 15 is 0 Å². The van der Waals surface area contributed by atoms with Crippen LogP contribution in [-0.2, 0) is 0 Å². The summed E-state index contributed by atoms with van der Waals surface area (Å²) in [4.78, 5) is 30.2. The lowest BCUT2D eigenvalue weighted by Gasteiger charge is -2.29. The molecule has 278 valence electrons. The summed E-state index contributed by atoms with van der Waals surface area (Å²) in [5, 5.41) is 3.46. The fraction of sp³-hybridized carbons (Fsp3) is 0.347. The van der Waals surface area contributed by atoms with Gasteiger partial charge < -0.3 is 10.1 Å². The molecule has 2 aliphatic carbocycles. The average Bonchev–Trinajstić information content (AvgIpc) is 3.19. The van der Waals surface area contributed by atoms with Crippen LogP contribution < -0.4 is 10.1 Å². The summed E-state index contributed by atoms with van der Waals surface area (Å²) in [6.07, 6.45) is 12.9. The van der Waals surface area contributed by atoms with Crippen LogP contribution in [0.3, 0.4) is 0 Å². The van der Waals surface area contributed by atoms with E-state index in [2.05, 4.69) is 67.7 Å². The summed E-state index contributed by atoms with van der Waals surface area (Å²) in [5.41, 5.74) is 9.16. The summed E-state index contributed by atoms with van der Waals surface area (Å²) >= 11 is 1.53. The number of aryl methyl sites for hydroxylation is 2. The summed E-state index contributed by atoms with van der Waals surface area (Å²) in [5.74, 6) is 2.24. The first-order chi connectivity index (χ1) is 26.3. The molecule has 7 rings (SSSR count). The Balaban J connectivity index is 1.04. The number of carbonyl (C=O) groups excluding carboxylic acids is 2. The maximum absolute atomic E-state index is 14.2. The fourth-order valence-electron chi connectivity index (χ4n) is 8.38. The Labute approximate surface area is 326 Å². The van der Waals surface area contributed by atoms with Gasteiger partial charge in [-0.2, -0.15) is 0 Å². The molecule has 5 heteroatoms. The maximum atomic E-state index is 14.2. The summed E-state index contributed by atoms with van der Waals surface area (Å²) in [6.45, 7) is 9.20. The van der Waals surface area contributed by atoms with Crippen LogP contribution in [0.4, 0.5) is 11.4 Å². The van der Waals surface area contributed by atoms with Crippen molar-refractivity contribution in [2.75, 3.05) is 11.9 Å². The molecule has 0 atom stereocenters. The lowest BCUT2D eigenvalue weighted by atomic mass is 9.77. The number of ketones is 2. The molecule has 1 N–H and O–H groups in total. The molecule has 0 heterocycles. The number of rotatable bonds is 14. The van der Waals surface area contributed by atoms with E-state index in [-0.39, 0.29) is 11.6 Å². The van der Waals surface area contributed by atoms with Gasteiger partial charge in [0.25, 0.3) is 0 Å². The summed E-state index contributed by atoms with van der Waals surface area (Å²) in [6, 6.07) is 32.9. The number of fused-ring (bicyclic) bond motifs is 2. The molecule has 54 heavy (non-hydrogen) atoms. The Bertz CT molecular complexity index is 2090. The van der Waals surface area contributed by atoms with Crippen molar-refractivity contribution in [3.8, 4) is 16.9 Å². The van der Waals surface area contributed by atoms with Gasteiger partial charge >= 0.3 is 0 Å². The zero-order chi connectivity index (χ0) is 37.6. The van der Waals surface area contributed by atoms with E-state index in [1.165, 1.54) is 79.8 Å². The predicted molar refractivity (Wildman–Crippen MR) is 224 cm³/mol. The topological polar surface area (TPSA) is 55.4 Å². The number of hydrogen-bond acceptors (Lipinski definition) is 5. The summed E-state index contributed by atoms with van der Waals surface area (Å²) < 4.78 is 6.06. The highest BCUT2D eigenvalue weighted by Gasteiger charge is 2.34. The third-order valence-corrected chi connectivity index (χ3v) is 12.4. The quantitative estimate of drug-likeness (QED) is 0.113. The molecule has 0 bridgehead atoms. The van der Waals surface area contributed by atoms with Crippen molar-refractivity contribution in [2.24, 2.45) is 5.92 Å². The van der Waals surface area contributed by atoms with Crippen LogP contribution in [0.15, 0.2) is 107 Å². The molecule has 4 nitrogen and oxygen atoms in total. The van der Waals surface area contributed by atoms with Gasteiger partial charge in [0.1, 0.15) is 5.75 Å². The van der Waals surface area contributed by atoms with Crippen LogP contribution >= 0.6 is 11.8 Å². The van der Waals surface area contributed by atoms with Crippen LogP contribution in [0.25, 0.3) is 11.1 Å². The van der Waals surface area contributed by atoms with Crippen molar-refractivity contribution in [3.05, 3.63) is 136 Å². The largest absolute Gasteiger partial charge is 0.493 e. The van der Waals surface area contributed by atoms with E-state index in [9.17, 15) is 9.59 Å². The molecule has 2 aliphatic rings. The molecule has 0 spiro atoms. The molecule has 1 fully saturated rings. The second-order valence-electron chi connectivity index (χ2n) is 15.3. The minimum absolute atomic E-state index is 0.125. The Morgan fingerprint density at radius 3 is 1.96 bits per heavy atom. The van der Waals surface area contributed by atoms with Crippen molar-refractivity contribution >= 4 is 34.7 Å². The van der Waals surface area contributed by atoms with Gasteiger partial charge in [-0.15, -0.1) is 0 Å². The zero-order valence-corrected chi connectivity index (χ0v) is 33.1. The van der Waals surface area contributed by atoms with Gasteiger partial charge in [-0.1, -0.05) is 118 Å². The van der Waals surface area contributed by atoms with Crippen LogP contribution in [0.1, 0.15) is 133 Å². The first kappa shape index (κ1) is 37.7. The average molecular weight is 736 g/mol. The van der Waals surface area contributed by atoms with Gasteiger partial charge in [-0.25, -0.2) is 0 Å². The normalized spacial score (nSPS) is 16.5. The van der Waals surface area contributed by atoms with E-state index in [1.807, 2.05) is 50.2 Å². The monoisotopic (exact) mass is 735 g/mol. The van der Waals surface area contributed by atoms with Crippen molar-refractivity contribution in [1.29, 1.82) is 0 Å². The number of carbonyl (C=O) groups is 2. The highest BCUT2D eigenvalue weighted by atomic mass is 32.2. The molecule has 0 aliphatic heterocycles. The van der Waals surface area contributed by atoms with Gasteiger partial charge in [-0.05, 0) is 122 Å². The van der Waals surface area contributed by atoms with Crippen LogP contribution in [0.2, 0.25) is 0 Å². The third-order valence-electron chi connectivity index (χ3n) is 11.4. The molecular formula is C49H53NO3S. The smallest absolute Gasteiger partial charge is 0.196 e. The molecular weight excluding hydrogens is 683 g/mol. The molecule has 5 aromatic carbocycles. The van der Waals surface area contributed by atoms with E-state index in [0.29, 0.717) is 40.5 Å². The standard InChI is InChI=1S/C49H53NO3S/c1-5-7-9-12-34-17-19-35(20-18-34)36-21-23-37(24-22-36)38-25-27-40(28-26-38)54-44-16-11-14-42-46(44)48(52)41-13-10-15-43(45(41)47(42)51)50-39-30-32(3)49(33(4)31-39)53-29-8-6-2/h10-11,13-16,21-28,30-31,34-35,50H,5-9,12,17-20,29H2,1-4H3. The van der Waals surface area contributed by atoms with Crippen LogP contribution in [0.5, 0.6) is 5.75 Å². The van der Waals surface area contributed by atoms with Gasteiger partial charge in [0.05, 0.1) is 17.9 Å². The summed E-state index contributed by atoms with van der Waals surface area (Å²) in [7, 11) is 0. The number of nitrogens with one attached hydrogen (secondary N) is 1. The number of benzene rings is 5. The number of ether oxygens (including phenoxy) is 1. The van der Waals surface area contributed by atoms with Crippen LogP contribution in [0, 0.1) is 19.8 Å². The number of unbranched alkanes of at least 4 members (excludes halogenated alkanes) is 3. The predicted octanol–water partition coefficient (Wildman–Crippen LogP) is 13.7. The minimum atomic E-state index is -0.142. The lowest BCUT2D eigenvalue weighted by molar-refractivity contribution is 0.0977. The van der Waals surface area contributed by atoms with Crippen molar-refractivity contribution in [1.82, 2.24) is 0 Å². The molecule has 5 aromatic rings. The SMILES string of the molecule is CCCCCC1CCC(c2ccc(-c3ccc(Sc4cccc5c4C(=O)c4cccc(Nc6cc(C)c(OCCCC)c(C)c6)c4C5=O)cc3)cc2)CC1. The molecule has 0 saturated heterocycles. The van der Waals surface area contributed by atoms with Crippen molar-refractivity contribution in [3.63, 3.8) is 0 Å². The number of hydrogen-bond donors (Lipinski definition) is 1. The minimum Gasteiger partial charge on any atom is -0.493 e. The van der Waals surface area contributed by atoms with E-state index in [4.69, 9.17) is 4.74 Å². The van der Waals surface area contributed by atoms with Crippen molar-refractivity contribution in [2.45, 2.75) is 108 Å². The second kappa shape index (κ2) is 17.2. The van der Waals surface area contributed by atoms with Gasteiger partial charge in [0.15, 0.2) is 11.6 Å². The highest BCUT2D eigenvalue weighted by Crippen LogP contribution is 2.41. The molecule has 0 unspecified atom stereocenters. The Morgan fingerprint density at radius 1 is 0.685 bits per heavy atom. The second-order valence-corrected chi connectivity index (χ2v) is 16.4.